The van der Waals surface area contributed by atoms with Crippen LogP contribution in [0.4, 0.5) is 11.4 Å². The van der Waals surface area contributed by atoms with Crippen molar-refractivity contribution in [1.82, 2.24) is 4.90 Å². The third-order valence-corrected chi connectivity index (χ3v) is 7.00. The second-order valence-corrected chi connectivity index (χ2v) is 8.86. The number of nitriles is 1. The minimum absolute atomic E-state index is 0. The number of halogens is 1. The van der Waals surface area contributed by atoms with Gasteiger partial charge in [-0.1, -0.05) is 78.9 Å². The Morgan fingerprint density at radius 2 is 1.27 bits per heavy atom. The quantitative estimate of drug-likeness (QED) is 0.430. The first-order valence-corrected chi connectivity index (χ1v) is 11.6. The SMILES string of the molecule is Cl.N#CC1(c2ccccc2)CCN(CCCN2c3ccccc3C=Cc3ccccc32)CC1. The predicted molar refractivity (Wildman–Crippen MR) is 140 cm³/mol. The van der Waals surface area contributed by atoms with E-state index >= 15 is 0 Å². The molecule has 168 valence electrons. The summed E-state index contributed by atoms with van der Waals surface area (Å²) in [6.45, 7) is 4.01. The molecule has 0 aromatic heterocycles. The molecule has 33 heavy (non-hydrogen) atoms. The summed E-state index contributed by atoms with van der Waals surface area (Å²) in [4.78, 5) is 5.00. The molecule has 0 atom stereocenters. The van der Waals surface area contributed by atoms with Crippen LogP contribution >= 0.6 is 12.4 Å². The minimum atomic E-state index is -0.327. The number of piperidine rings is 1. The molecule has 2 aliphatic rings. The maximum atomic E-state index is 9.96. The average molecular weight is 456 g/mol. The van der Waals surface area contributed by atoms with Gasteiger partial charge in [-0.05, 0) is 67.7 Å². The zero-order chi connectivity index (χ0) is 21.8. The molecule has 0 bridgehead atoms. The number of fused-ring (bicyclic) bond motifs is 2. The molecule has 3 aromatic rings. The molecule has 3 aromatic carbocycles. The van der Waals surface area contributed by atoms with Gasteiger partial charge in [0.1, 0.15) is 0 Å². The second kappa shape index (κ2) is 10.3. The van der Waals surface area contributed by atoms with E-state index < -0.39 is 0 Å². The van der Waals surface area contributed by atoms with Gasteiger partial charge in [0, 0.05) is 17.9 Å². The van der Waals surface area contributed by atoms with E-state index in [1.807, 2.05) is 18.2 Å². The van der Waals surface area contributed by atoms with Crippen LogP contribution in [-0.4, -0.2) is 31.1 Å². The van der Waals surface area contributed by atoms with Gasteiger partial charge in [0.2, 0.25) is 0 Å². The zero-order valence-corrected chi connectivity index (χ0v) is 19.7. The largest absolute Gasteiger partial charge is 0.340 e. The third kappa shape index (κ3) is 4.69. The van der Waals surface area contributed by atoms with Crippen LogP contribution in [-0.2, 0) is 5.41 Å². The molecule has 0 unspecified atom stereocenters. The molecular weight excluding hydrogens is 426 g/mol. The van der Waals surface area contributed by atoms with E-state index in [1.165, 1.54) is 28.1 Å². The lowest BCUT2D eigenvalue weighted by Crippen LogP contribution is -2.42. The van der Waals surface area contributed by atoms with E-state index in [0.29, 0.717) is 0 Å². The van der Waals surface area contributed by atoms with Crippen molar-refractivity contribution in [2.45, 2.75) is 24.7 Å². The van der Waals surface area contributed by atoms with Gasteiger partial charge in [0.05, 0.1) is 11.5 Å². The number of para-hydroxylation sites is 2. The van der Waals surface area contributed by atoms with Crippen molar-refractivity contribution in [3.05, 3.63) is 95.6 Å². The minimum Gasteiger partial charge on any atom is -0.340 e. The van der Waals surface area contributed by atoms with E-state index in [1.54, 1.807) is 0 Å². The van der Waals surface area contributed by atoms with Crippen molar-refractivity contribution in [2.75, 3.05) is 31.1 Å². The molecule has 0 aliphatic carbocycles. The monoisotopic (exact) mass is 455 g/mol. The van der Waals surface area contributed by atoms with Gasteiger partial charge in [-0.15, -0.1) is 12.4 Å². The maximum absolute atomic E-state index is 9.96. The van der Waals surface area contributed by atoms with E-state index in [4.69, 9.17) is 0 Å². The van der Waals surface area contributed by atoms with Crippen molar-refractivity contribution in [1.29, 1.82) is 5.26 Å². The number of hydrogen-bond donors (Lipinski definition) is 0. The summed E-state index contributed by atoms with van der Waals surface area (Å²) < 4.78 is 0. The molecule has 0 radical (unpaired) electrons. The highest BCUT2D eigenvalue weighted by Crippen LogP contribution is 2.37. The Bertz CT molecular complexity index is 1090. The molecule has 1 saturated heterocycles. The molecule has 0 saturated carbocycles. The molecule has 2 aliphatic heterocycles. The smallest absolute Gasteiger partial charge is 0.0846 e. The van der Waals surface area contributed by atoms with Crippen LogP contribution in [0.2, 0.25) is 0 Å². The zero-order valence-electron chi connectivity index (χ0n) is 18.9. The highest BCUT2D eigenvalue weighted by Gasteiger charge is 2.36. The van der Waals surface area contributed by atoms with Gasteiger partial charge < -0.3 is 9.80 Å². The van der Waals surface area contributed by atoms with E-state index in [0.717, 1.165) is 45.4 Å². The number of hydrogen-bond acceptors (Lipinski definition) is 3. The molecule has 2 heterocycles. The summed E-state index contributed by atoms with van der Waals surface area (Å²) in [6.07, 6.45) is 7.36. The lowest BCUT2D eigenvalue weighted by Gasteiger charge is -2.38. The fourth-order valence-corrected chi connectivity index (χ4v) is 5.13. The first kappa shape index (κ1) is 23.1. The fraction of sp³-hybridized carbons (Fsp3) is 0.276. The Morgan fingerprint density at radius 1 is 0.727 bits per heavy atom. The lowest BCUT2D eigenvalue weighted by molar-refractivity contribution is 0.185. The third-order valence-electron chi connectivity index (χ3n) is 7.00. The van der Waals surface area contributed by atoms with Gasteiger partial charge >= 0.3 is 0 Å². The highest BCUT2D eigenvalue weighted by molar-refractivity contribution is 5.88. The number of rotatable bonds is 5. The summed E-state index contributed by atoms with van der Waals surface area (Å²) in [5.74, 6) is 0. The lowest BCUT2D eigenvalue weighted by atomic mass is 9.74. The Morgan fingerprint density at radius 3 is 1.85 bits per heavy atom. The number of likely N-dealkylation sites (tertiary alicyclic amines) is 1. The Labute approximate surface area is 203 Å². The van der Waals surface area contributed by atoms with Crippen LogP contribution in [0.25, 0.3) is 12.2 Å². The van der Waals surface area contributed by atoms with Gasteiger partial charge in [-0.2, -0.15) is 5.26 Å². The van der Waals surface area contributed by atoms with Crippen LogP contribution in [0.1, 0.15) is 36.0 Å². The summed E-state index contributed by atoms with van der Waals surface area (Å²) in [7, 11) is 0. The first-order chi connectivity index (χ1) is 15.8. The first-order valence-electron chi connectivity index (χ1n) is 11.6. The van der Waals surface area contributed by atoms with E-state index in [9.17, 15) is 5.26 Å². The topological polar surface area (TPSA) is 30.3 Å². The normalized spacial score (nSPS) is 16.6. The van der Waals surface area contributed by atoms with Crippen molar-refractivity contribution in [2.24, 2.45) is 0 Å². The Balaban J connectivity index is 0.00000259. The van der Waals surface area contributed by atoms with Crippen LogP contribution in [0.15, 0.2) is 78.9 Å². The van der Waals surface area contributed by atoms with Crippen molar-refractivity contribution in [3.63, 3.8) is 0 Å². The van der Waals surface area contributed by atoms with Crippen molar-refractivity contribution in [3.8, 4) is 6.07 Å². The predicted octanol–water partition coefficient (Wildman–Crippen LogP) is 6.68. The van der Waals surface area contributed by atoms with Crippen LogP contribution < -0.4 is 4.90 Å². The van der Waals surface area contributed by atoms with Gasteiger partial charge in [-0.25, -0.2) is 0 Å². The summed E-state index contributed by atoms with van der Waals surface area (Å²) in [5, 5.41) is 9.96. The number of benzene rings is 3. The molecule has 0 amide bonds. The second-order valence-electron chi connectivity index (χ2n) is 8.86. The average Bonchev–Trinajstić information content (AvgIpc) is 3.02. The summed E-state index contributed by atoms with van der Waals surface area (Å²) in [5.41, 5.74) is 5.94. The number of anilines is 2. The summed E-state index contributed by atoms with van der Waals surface area (Å²) in [6, 6.07) is 30.3. The van der Waals surface area contributed by atoms with Gasteiger partial charge in [0.25, 0.3) is 0 Å². The van der Waals surface area contributed by atoms with E-state index in [-0.39, 0.29) is 17.8 Å². The number of nitrogens with zero attached hydrogens (tertiary/aromatic N) is 3. The van der Waals surface area contributed by atoms with Gasteiger partial charge in [0.15, 0.2) is 0 Å². The van der Waals surface area contributed by atoms with Crippen molar-refractivity contribution < 1.29 is 0 Å². The van der Waals surface area contributed by atoms with Crippen LogP contribution in [0.5, 0.6) is 0 Å². The van der Waals surface area contributed by atoms with E-state index in [2.05, 4.69) is 88.7 Å². The van der Waals surface area contributed by atoms with Crippen LogP contribution in [0.3, 0.4) is 0 Å². The molecule has 0 N–H and O–H groups in total. The molecule has 1 fully saturated rings. The van der Waals surface area contributed by atoms with Gasteiger partial charge in [-0.3, -0.25) is 0 Å². The van der Waals surface area contributed by atoms with Crippen LogP contribution in [0, 0.1) is 11.3 Å². The van der Waals surface area contributed by atoms with Crippen molar-refractivity contribution >= 4 is 35.9 Å². The molecule has 3 nitrogen and oxygen atoms in total. The standard InChI is InChI=1S/C29H29N3.ClH/c30-23-29(26-11-2-1-3-12-26)17-21-31(22-18-29)19-8-20-32-27-13-6-4-9-24(27)15-16-25-10-5-7-14-28(25)32;/h1-7,9-16H,8,17-22H2;1H. The maximum Gasteiger partial charge on any atom is 0.0846 e. The fourth-order valence-electron chi connectivity index (χ4n) is 5.13. The molecule has 5 rings (SSSR count). The molecule has 4 heteroatoms. The molecule has 0 spiro atoms. The molecular formula is C29H30ClN3. The Kier molecular flexibility index (Phi) is 7.18. The summed E-state index contributed by atoms with van der Waals surface area (Å²) >= 11 is 0. The Hall–Kier alpha value is -3.06. The highest BCUT2D eigenvalue weighted by atomic mass is 35.5.